The van der Waals surface area contributed by atoms with Gasteiger partial charge in [-0.15, -0.1) is 0 Å². The molecule has 3 fully saturated rings. The fourth-order valence-electron chi connectivity index (χ4n) is 11.7. The van der Waals surface area contributed by atoms with Crippen molar-refractivity contribution in [1.29, 1.82) is 0 Å². The summed E-state index contributed by atoms with van der Waals surface area (Å²) in [5, 5.41) is 152. The molecule has 88 heavy (non-hydrogen) atoms. The molecular formula is C60H117NO25P2. The first kappa shape index (κ1) is 81.3. The van der Waals surface area contributed by atoms with E-state index in [2.05, 4.69) is 19.2 Å². The Morgan fingerprint density at radius 2 is 0.750 bits per heavy atom. The van der Waals surface area contributed by atoms with E-state index in [0.29, 0.717) is 12.8 Å². The Morgan fingerprint density at radius 3 is 1.17 bits per heavy atom. The zero-order valence-electron chi connectivity index (χ0n) is 52.4. The van der Waals surface area contributed by atoms with Crippen LogP contribution in [0.3, 0.4) is 0 Å². The van der Waals surface area contributed by atoms with Crippen LogP contribution in [0, 0.1) is 0 Å². The monoisotopic (exact) mass is 1310 g/mol. The summed E-state index contributed by atoms with van der Waals surface area (Å²) in [6, 6.07) is -1.51. The lowest BCUT2D eigenvalue weighted by Gasteiger charge is -2.47. The second-order valence-electron chi connectivity index (χ2n) is 24.9. The number of carbonyl (C=O) groups excluding carboxylic acids is 1. The minimum Gasteiger partial charge on any atom is -0.390 e. The zero-order valence-corrected chi connectivity index (χ0v) is 54.2. The van der Waals surface area contributed by atoms with Crippen molar-refractivity contribution in [3.8, 4) is 0 Å². The molecule has 1 amide bonds. The van der Waals surface area contributed by atoms with Crippen LogP contribution in [0.2, 0.25) is 0 Å². The van der Waals surface area contributed by atoms with Gasteiger partial charge in [0.15, 0.2) is 6.29 Å². The number of unbranched alkanes of at least 4 members (excludes halogenated alkanes) is 31. The first-order valence-electron chi connectivity index (χ1n) is 33.3. The number of carbonyl (C=O) groups is 1. The first-order valence-corrected chi connectivity index (χ1v) is 36.3. The van der Waals surface area contributed by atoms with E-state index in [9.17, 15) is 95.2 Å². The van der Waals surface area contributed by atoms with Crippen molar-refractivity contribution in [2.24, 2.45) is 0 Å². The van der Waals surface area contributed by atoms with E-state index in [-0.39, 0.29) is 12.8 Å². The SMILES string of the molecule is CCCCCCCCCCCCCCCCCCCCCCCC(=O)N[C@@H](COP(=O)(O)O[C@@H]1[C@H](O)[C@H](O)[C@@H](O)[C@H](O)[C@H]1O[C@@H]1O[C@H](COP(=O)(O)OC2[C@H](O)[C@H](O)C(O)[C@H](O)[C@H]2O)[C@@H](O)[C@H](O)[C@@H]1O)[C@H](O)C(O)CCCCCCCCCCCCCC. The topological polar surface area (TPSA) is 442 Å². The Hall–Kier alpha value is -0.950. The van der Waals surface area contributed by atoms with Gasteiger partial charge in [0.1, 0.15) is 104 Å². The second kappa shape index (κ2) is 44.7. The van der Waals surface area contributed by atoms with Crippen LogP contribution >= 0.6 is 15.6 Å². The molecule has 0 radical (unpaired) electrons. The number of phosphoric acid groups is 2. The van der Waals surface area contributed by atoms with Gasteiger partial charge in [0, 0.05) is 6.42 Å². The smallest absolute Gasteiger partial charge is 0.390 e. The van der Waals surface area contributed by atoms with Crippen LogP contribution in [0.1, 0.15) is 239 Å². The average molecular weight is 1310 g/mol. The van der Waals surface area contributed by atoms with Gasteiger partial charge in [-0.25, -0.2) is 9.13 Å². The first-order chi connectivity index (χ1) is 41.9. The van der Waals surface area contributed by atoms with Crippen LogP contribution in [0.15, 0.2) is 0 Å². The molecular weight excluding hydrogens is 1200 g/mol. The minimum atomic E-state index is -5.61. The molecule has 22 atom stereocenters. The molecule has 0 bridgehead atoms. The molecule has 17 N–H and O–H groups in total. The van der Waals surface area contributed by atoms with Crippen LogP contribution in [0.5, 0.6) is 0 Å². The Morgan fingerprint density at radius 1 is 0.420 bits per heavy atom. The Kier molecular flexibility index (Phi) is 41.3. The molecule has 3 aliphatic rings. The lowest BCUT2D eigenvalue weighted by atomic mass is 9.84. The van der Waals surface area contributed by atoms with Crippen molar-refractivity contribution in [3.63, 3.8) is 0 Å². The molecule has 1 heterocycles. The highest BCUT2D eigenvalue weighted by atomic mass is 31.2. The second-order valence-corrected chi connectivity index (χ2v) is 27.7. The molecule has 0 aromatic heterocycles. The molecule has 2 aliphatic carbocycles. The van der Waals surface area contributed by atoms with Crippen LogP contribution in [0.25, 0.3) is 0 Å². The van der Waals surface area contributed by atoms with E-state index in [1.807, 2.05) is 0 Å². The average Bonchev–Trinajstić information content (AvgIpc) is 3.15. The molecule has 3 rings (SSSR count). The van der Waals surface area contributed by atoms with Gasteiger partial charge in [0.05, 0.1) is 25.4 Å². The standard InChI is InChI=1S/C60H117NO25P2/c1-3-5-7-9-11-13-15-17-18-19-20-21-22-23-24-25-27-29-31-33-35-37-43(63)61-40(44(64)41(62)36-34-32-30-28-26-16-14-12-10-8-6-4-2)38-81-87(77,78)86-59-55(75)51(71)50(70)54(74)58(59)84-60-56(76)46(66)45(65)42(83-60)39-82-88(79,80)85-57-52(72)48(68)47(67)49(69)53(57)73/h40-42,44-60,62,64-76H,3-39H2,1-2H3,(H,61,63)(H,77,78)(H,79,80)/t40-,41?,42+,44-,45+,46-,47?,48-,49+,50+,51+,52+,53+,54-,55+,56-,57?,58+,59+,60-/m0/s1. The molecule has 522 valence electrons. The Bertz CT molecular complexity index is 1890. The summed E-state index contributed by atoms with van der Waals surface area (Å²) >= 11 is 0. The predicted octanol–water partition coefficient (Wildman–Crippen LogP) is 4.36. The molecule has 1 saturated heterocycles. The van der Waals surface area contributed by atoms with E-state index < -0.39 is 157 Å². The van der Waals surface area contributed by atoms with Crippen LogP contribution in [0.4, 0.5) is 0 Å². The summed E-state index contributed by atoms with van der Waals surface area (Å²) in [5.41, 5.74) is 0. The maximum Gasteiger partial charge on any atom is 0.472 e. The van der Waals surface area contributed by atoms with Gasteiger partial charge in [-0.1, -0.05) is 219 Å². The largest absolute Gasteiger partial charge is 0.472 e. The van der Waals surface area contributed by atoms with E-state index in [4.69, 9.17) is 27.6 Å². The lowest BCUT2D eigenvalue weighted by molar-refractivity contribution is -0.337. The quantitative estimate of drug-likeness (QED) is 0.0297. The highest BCUT2D eigenvalue weighted by Gasteiger charge is 2.56. The third kappa shape index (κ3) is 29.8. The fraction of sp³-hybridized carbons (Fsp3) is 0.983. The molecule has 1 aliphatic heterocycles. The third-order valence-electron chi connectivity index (χ3n) is 17.4. The number of aliphatic hydroxyl groups is 14. The zero-order chi connectivity index (χ0) is 65.2. The summed E-state index contributed by atoms with van der Waals surface area (Å²) in [6.07, 6.45) is -3.43. The number of aliphatic hydroxyl groups excluding tert-OH is 14. The van der Waals surface area contributed by atoms with Gasteiger partial charge in [0.25, 0.3) is 0 Å². The number of amides is 1. The highest BCUT2D eigenvalue weighted by molar-refractivity contribution is 7.47. The summed E-state index contributed by atoms with van der Waals surface area (Å²) in [4.78, 5) is 34.9. The van der Waals surface area contributed by atoms with E-state index in [0.717, 1.165) is 64.2 Å². The van der Waals surface area contributed by atoms with Gasteiger partial charge in [-0.2, -0.15) is 0 Å². The molecule has 0 spiro atoms. The Balaban J connectivity index is 1.59. The number of rotatable bonds is 50. The molecule has 2 saturated carbocycles. The van der Waals surface area contributed by atoms with Gasteiger partial charge < -0.3 is 96.1 Å². The van der Waals surface area contributed by atoms with Crippen molar-refractivity contribution in [2.45, 2.75) is 361 Å². The Labute approximate surface area is 521 Å². The highest BCUT2D eigenvalue weighted by Crippen LogP contribution is 2.49. The van der Waals surface area contributed by atoms with Gasteiger partial charge in [-0.05, 0) is 12.8 Å². The van der Waals surface area contributed by atoms with Crippen LogP contribution in [-0.4, -0.2) is 223 Å². The molecule has 0 aromatic rings. The predicted molar refractivity (Wildman–Crippen MR) is 324 cm³/mol. The van der Waals surface area contributed by atoms with Crippen molar-refractivity contribution < 1.29 is 123 Å². The maximum atomic E-state index is 13.8. The third-order valence-corrected chi connectivity index (χ3v) is 19.4. The fourth-order valence-corrected chi connectivity index (χ4v) is 13.6. The van der Waals surface area contributed by atoms with Crippen LogP contribution < -0.4 is 5.32 Å². The normalized spacial score (nSPS) is 31.9. The van der Waals surface area contributed by atoms with E-state index in [1.165, 1.54) is 135 Å². The van der Waals surface area contributed by atoms with Gasteiger partial charge >= 0.3 is 15.6 Å². The van der Waals surface area contributed by atoms with Gasteiger partial charge in [-0.3, -0.25) is 22.9 Å². The van der Waals surface area contributed by atoms with Crippen molar-refractivity contribution in [1.82, 2.24) is 5.32 Å². The number of phosphoric ester groups is 2. The van der Waals surface area contributed by atoms with Crippen molar-refractivity contribution >= 4 is 21.6 Å². The number of hydrogen-bond donors (Lipinski definition) is 17. The molecule has 5 unspecified atom stereocenters. The summed E-state index contributed by atoms with van der Waals surface area (Å²) in [7, 11) is -11.1. The van der Waals surface area contributed by atoms with Crippen LogP contribution in [-0.2, 0) is 41.5 Å². The molecule has 28 heteroatoms. The number of hydrogen-bond acceptors (Lipinski definition) is 23. The lowest BCUT2D eigenvalue weighted by Crippen LogP contribution is -2.67. The summed E-state index contributed by atoms with van der Waals surface area (Å²) in [6.45, 7) is 2.20. The van der Waals surface area contributed by atoms with Crippen molar-refractivity contribution in [3.05, 3.63) is 0 Å². The maximum absolute atomic E-state index is 13.8. The summed E-state index contributed by atoms with van der Waals surface area (Å²) in [5.74, 6) is -0.549. The summed E-state index contributed by atoms with van der Waals surface area (Å²) < 4.78 is 57.8. The number of ether oxygens (including phenoxy) is 2. The van der Waals surface area contributed by atoms with E-state index >= 15 is 0 Å². The molecule has 26 nitrogen and oxygen atoms in total. The minimum absolute atomic E-state index is 0.0210. The van der Waals surface area contributed by atoms with Crippen molar-refractivity contribution in [2.75, 3.05) is 13.2 Å². The van der Waals surface area contributed by atoms with Gasteiger partial charge in [0.2, 0.25) is 5.91 Å². The van der Waals surface area contributed by atoms with E-state index in [1.54, 1.807) is 0 Å². The molecule has 0 aromatic carbocycles. The number of nitrogens with one attached hydrogen (secondary N) is 1.